The number of aliphatic imine (C=N–C) groups is 1. The smallest absolute Gasteiger partial charge is 0.240 e. The highest BCUT2D eigenvalue weighted by atomic mass is 127. The van der Waals surface area contributed by atoms with E-state index >= 15 is 0 Å². The molecule has 0 aromatic heterocycles. The number of sulfonamides is 1. The lowest BCUT2D eigenvalue weighted by Crippen LogP contribution is -2.40. The molecule has 148 valence electrons. The average Bonchev–Trinajstić information content (AvgIpc) is 3.10. The fourth-order valence-corrected chi connectivity index (χ4v) is 3.60. The average molecular weight is 496 g/mol. The summed E-state index contributed by atoms with van der Waals surface area (Å²) in [6.45, 7) is 5.67. The zero-order valence-corrected chi connectivity index (χ0v) is 18.6. The number of nitrogens with one attached hydrogen (secondary N) is 3. The zero-order valence-electron chi connectivity index (χ0n) is 15.5. The first-order valence-corrected chi connectivity index (χ1v) is 10.1. The molecular weight excluding hydrogens is 467 g/mol. The Morgan fingerprint density at radius 2 is 2.00 bits per heavy atom. The van der Waals surface area contributed by atoms with Crippen molar-refractivity contribution in [3.05, 3.63) is 29.8 Å². The van der Waals surface area contributed by atoms with E-state index in [-0.39, 0.29) is 41.0 Å². The summed E-state index contributed by atoms with van der Waals surface area (Å²) >= 11 is 0. The van der Waals surface area contributed by atoms with Gasteiger partial charge in [-0.15, -0.1) is 24.0 Å². The maximum absolute atomic E-state index is 12.3. The van der Waals surface area contributed by atoms with Crippen molar-refractivity contribution in [3.63, 3.8) is 0 Å². The molecule has 1 aromatic carbocycles. The molecule has 9 heteroatoms. The van der Waals surface area contributed by atoms with E-state index in [0.29, 0.717) is 25.7 Å². The molecule has 0 radical (unpaired) electrons. The van der Waals surface area contributed by atoms with Gasteiger partial charge in [-0.25, -0.2) is 13.1 Å². The van der Waals surface area contributed by atoms with Crippen LogP contribution in [0.3, 0.4) is 0 Å². The molecule has 7 nitrogen and oxygen atoms in total. The van der Waals surface area contributed by atoms with Crippen LogP contribution in [0.4, 0.5) is 0 Å². The Morgan fingerprint density at radius 3 is 2.54 bits per heavy atom. The normalized spacial score (nSPS) is 17.8. The highest BCUT2D eigenvalue weighted by Crippen LogP contribution is 2.14. The predicted octanol–water partition coefficient (Wildman–Crippen LogP) is 1.84. The summed E-state index contributed by atoms with van der Waals surface area (Å²) in [6.07, 6.45) is 1.88. The second-order valence-electron chi connectivity index (χ2n) is 6.36. The summed E-state index contributed by atoms with van der Waals surface area (Å²) < 4.78 is 32.7. The van der Waals surface area contributed by atoms with Crippen LogP contribution in [0.15, 0.2) is 34.2 Å². The van der Waals surface area contributed by atoms with Crippen LogP contribution in [0.5, 0.6) is 0 Å². The van der Waals surface area contributed by atoms with E-state index in [1.54, 1.807) is 31.3 Å². The molecule has 1 heterocycles. The maximum atomic E-state index is 12.3. The van der Waals surface area contributed by atoms with Crippen molar-refractivity contribution in [2.75, 3.05) is 20.2 Å². The molecule has 1 saturated heterocycles. The number of nitrogens with zero attached hydrogens (tertiary/aromatic N) is 1. The SMILES string of the molecule is CN=C(NCc1ccc(S(=O)(=O)NCC2CCCO2)cc1)NC(C)C.I. The first-order chi connectivity index (χ1) is 11.9. The van der Waals surface area contributed by atoms with Gasteiger partial charge in [-0.05, 0) is 44.4 Å². The van der Waals surface area contributed by atoms with Gasteiger partial charge in [0.2, 0.25) is 10.0 Å². The second kappa shape index (κ2) is 11.1. The van der Waals surface area contributed by atoms with Gasteiger partial charge in [0.25, 0.3) is 0 Å². The minimum atomic E-state index is -3.50. The summed E-state index contributed by atoms with van der Waals surface area (Å²) in [5, 5.41) is 6.39. The fraction of sp³-hybridized carbons (Fsp3) is 0.588. The highest BCUT2D eigenvalue weighted by Gasteiger charge is 2.20. The Balaban J connectivity index is 0.00000338. The second-order valence-corrected chi connectivity index (χ2v) is 8.12. The Labute approximate surface area is 173 Å². The van der Waals surface area contributed by atoms with Crippen molar-refractivity contribution >= 4 is 40.0 Å². The van der Waals surface area contributed by atoms with Crippen LogP contribution in [-0.2, 0) is 21.3 Å². The fourth-order valence-electron chi connectivity index (χ4n) is 2.53. The molecule has 0 aliphatic carbocycles. The summed E-state index contributed by atoms with van der Waals surface area (Å²) in [5.74, 6) is 0.713. The number of halogens is 1. The van der Waals surface area contributed by atoms with E-state index in [2.05, 4.69) is 20.3 Å². The van der Waals surface area contributed by atoms with Crippen molar-refractivity contribution in [3.8, 4) is 0 Å². The Morgan fingerprint density at radius 1 is 1.31 bits per heavy atom. The lowest BCUT2D eigenvalue weighted by Gasteiger charge is -2.15. The molecule has 26 heavy (non-hydrogen) atoms. The summed E-state index contributed by atoms with van der Waals surface area (Å²) in [6, 6.07) is 7.13. The van der Waals surface area contributed by atoms with Crippen molar-refractivity contribution in [2.45, 2.75) is 50.3 Å². The first kappa shape index (κ1) is 23.1. The van der Waals surface area contributed by atoms with E-state index in [1.165, 1.54) is 0 Å². The number of hydrogen-bond acceptors (Lipinski definition) is 4. The van der Waals surface area contributed by atoms with Crippen molar-refractivity contribution in [1.29, 1.82) is 0 Å². The Bertz CT molecular complexity index is 672. The molecule has 1 aromatic rings. The number of hydrogen-bond donors (Lipinski definition) is 3. The van der Waals surface area contributed by atoms with Crippen LogP contribution in [-0.4, -0.2) is 46.7 Å². The number of rotatable bonds is 7. The van der Waals surface area contributed by atoms with Crippen LogP contribution in [0, 0.1) is 0 Å². The lowest BCUT2D eigenvalue weighted by atomic mass is 10.2. The van der Waals surface area contributed by atoms with Gasteiger partial charge in [-0.1, -0.05) is 12.1 Å². The topological polar surface area (TPSA) is 91.8 Å². The number of ether oxygens (including phenoxy) is 1. The van der Waals surface area contributed by atoms with Crippen LogP contribution in [0.25, 0.3) is 0 Å². The standard InChI is InChI=1S/C17H28N4O3S.HI/c1-13(2)21-17(18-3)19-11-14-6-8-16(9-7-14)25(22,23)20-12-15-5-4-10-24-15;/h6-9,13,15,20H,4-5,10-12H2,1-3H3,(H2,18,19,21);1H. The summed E-state index contributed by atoms with van der Waals surface area (Å²) in [4.78, 5) is 4.40. The van der Waals surface area contributed by atoms with E-state index in [1.807, 2.05) is 13.8 Å². The van der Waals surface area contributed by atoms with Gasteiger partial charge in [0.15, 0.2) is 5.96 Å². The van der Waals surface area contributed by atoms with Crippen molar-refractivity contribution in [2.24, 2.45) is 4.99 Å². The van der Waals surface area contributed by atoms with Gasteiger partial charge in [-0.3, -0.25) is 4.99 Å². The van der Waals surface area contributed by atoms with E-state index < -0.39 is 10.0 Å². The third-order valence-corrected chi connectivity index (χ3v) is 5.31. The van der Waals surface area contributed by atoms with Gasteiger partial charge >= 0.3 is 0 Å². The minimum Gasteiger partial charge on any atom is -0.377 e. The number of guanidine groups is 1. The molecule has 0 bridgehead atoms. The van der Waals surface area contributed by atoms with Gasteiger partial charge in [0.1, 0.15) is 0 Å². The molecule has 0 amide bonds. The lowest BCUT2D eigenvalue weighted by molar-refractivity contribution is 0.114. The molecule has 2 rings (SSSR count). The van der Waals surface area contributed by atoms with Crippen LogP contribution < -0.4 is 15.4 Å². The maximum Gasteiger partial charge on any atom is 0.240 e. The monoisotopic (exact) mass is 496 g/mol. The number of benzene rings is 1. The molecule has 3 N–H and O–H groups in total. The molecule has 0 saturated carbocycles. The quantitative estimate of drug-likeness (QED) is 0.305. The molecular formula is C17H29IN4O3S. The van der Waals surface area contributed by atoms with Gasteiger partial charge in [-0.2, -0.15) is 0 Å². The predicted molar refractivity (Wildman–Crippen MR) is 114 cm³/mol. The van der Waals surface area contributed by atoms with Crippen molar-refractivity contribution < 1.29 is 13.2 Å². The van der Waals surface area contributed by atoms with Crippen LogP contribution in [0.2, 0.25) is 0 Å². The van der Waals surface area contributed by atoms with E-state index in [4.69, 9.17) is 4.74 Å². The molecule has 1 atom stereocenters. The Kier molecular flexibility index (Phi) is 9.83. The van der Waals surface area contributed by atoms with Gasteiger partial charge < -0.3 is 15.4 Å². The molecule has 1 aliphatic heterocycles. The summed E-state index contributed by atoms with van der Waals surface area (Å²) in [7, 11) is -1.79. The van der Waals surface area contributed by atoms with Crippen molar-refractivity contribution in [1.82, 2.24) is 15.4 Å². The third kappa shape index (κ3) is 7.37. The summed E-state index contributed by atoms with van der Waals surface area (Å²) in [5.41, 5.74) is 0.977. The Hall–Kier alpha value is -0.910. The third-order valence-electron chi connectivity index (χ3n) is 3.87. The van der Waals surface area contributed by atoms with Gasteiger partial charge in [0, 0.05) is 32.8 Å². The van der Waals surface area contributed by atoms with Crippen LogP contribution in [0.1, 0.15) is 32.3 Å². The van der Waals surface area contributed by atoms with Crippen LogP contribution >= 0.6 is 24.0 Å². The molecule has 1 fully saturated rings. The minimum absolute atomic E-state index is 0. The molecule has 1 unspecified atom stereocenters. The van der Waals surface area contributed by atoms with Gasteiger partial charge in [0.05, 0.1) is 11.0 Å². The molecule has 1 aliphatic rings. The molecule has 0 spiro atoms. The largest absolute Gasteiger partial charge is 0.377 e. The first-order valence-electron chi connectivity index (χ1n) is 8.58. The highest BCUT2D eigenvalue weighted by molar-refractivity contribution is 14.0. The van der Waals surface area contributed by atoms with E-state index in [0.717, 1.165) is 18.4 Å². The van der Waals surface area contributed by atoms with E-state index in [9.17, 15) is 8.42 Å². The zero-order chi connectivity index (χ0) is 18.3.